The number of anilines is 1. The molecule has 0 spiro atoms. The molecule has 0 aliphatic rings. The van der Waals surface area contributed by atoms with Gasteiger partial charge < -0.3 is 5.32 Å². The Morgan fingerprint density at radius 1 is 1.83 bits per heavy atom. The Morgan fingerprint density at radius 2 is 2.58 bits per heavy atom. The maximum atomic E-state index is 10.7. The van der Waals surface area contributed by atoms with Crippen molar-refractivity contribution in [1.29, 1.82) is 5.26 Å². The van der Waals surface area contributed by atoms with Crippen molar-refractivity contribution in [1.82, 2.24) is 0 Å². The summed E-state index contributed by atoms with van der Waals surface area (Å²) < 4.78 is 0.827. The summed E-state index contributed by atoms with van der Waals surface area (Å²) in [5, 5.41) is 14.8. The molecule has 0 fully saturated rings. The summed E-state index contributed by atoms with van der Waals surface area (Å²) in [5.41, 5.74) is 0.721. The average molecular weight is 198 g/mol. The Balaban J connectivity index is 2.78. The van der Waals surface area contributed by atoms with Gasteiger partial charge >= 0.3 is 0 Å². The number of hydrogen-bond donors (Lipinski definition) is 1. The lowest BCUT2D eigenvalue weighted by atomic mass is 10.5. The molecule has 1 aromatic rings. The highest BCUT2D eigenvalue weighted by molar-refractivity contribution is 8.05. The van der Waals surface area contributed by atoms with Gasteiger partial charge in [-0.25, -0.2) is 0 Å². The molecule has 1 amide bonds. The van der Waals surface area contributed by atoms with Gasteiger partial charge in [-0.3, -0.25) is 4.79 Å². The monoisotopic (exact) mass is 198 g/mol. The maximum Gasteiger partial charge on any atom is 0.221 e. The number of amides is 1. The first-order valence-corrected chi connectivity index (χ1v) is 4.84. The molecule has 0 saturated carbocycles. The second-order valence-corrected chi connectivity index (χ2v) is 3.97. The Hall–Kier alpha value is -0.990. The van der Waals surface area contributed by atoms with E-state index in [0.717, 1.165) is 21.7 Å². The number of thiophene rings is 1. The molecule has 0 bridgehead atoms. The topological polar surface area (TPSA) is 52.9 Å². The van der Waals surface area contributed by atoms with Crippen LogP contribution < -0.4 is 5.32 Å². The van der Waals surface area contributed by atoms with Crippen molar-refractivity contribution >= 4 is 34.7 Å². The zero-order valence-electron chi connectivity index (χ0n) is 6.33. The van der Waals surface area contributed by atoms with Crippen LogP contribution >= 0.6 is 23.1 Å². The number of nitrogens with one attached hydrogen (secondary N) is 1. The SMILES string of the molecule is CC(=O)Nc1ccsc1SC#N. The van der Waals surface area contributed by atoms with Gasteiger partial charge in [0.15, 0.2) is 0 Å². The van der Waals surface area contributed by atoms with Gasteiger partial charge in [0, 0.05) is 18.7 Å². The Bertz CT molecular complexity index is 326. The number of thiocyanates is 1. The minimum Gasteiger partial charge on any atom is -0.325 e. The molecule has 0 atom stereocenters. The first kappa shape index (κ1) is 9.10. The molecule has 0 aliphatic heterocycles. The van der Waals surface area contributed by atoms with Gasteiger partial charge in [-0.05, 0) is 11.4 Å². The standard InChI is InChI=1S/C7H6N2OS2/c1-5(10)9-6-2-3-11-7(6)12-4-8/h2-3H,1H3,(H,9,10). The van der Waals surface area contributed by atoms with E-state index in [2.05, 4.69) is 5.32 Å². The van der Waals surface area contributed by atoms with E-state index in [0.29, 0.717) is 0 Å². The Morgan fingerprint density at radius 3 is 3.17 bits per heavy atom. The van der Waals surface area contributed by atoms with Crippen LogP contribution in [0.25, 0.3) is 0 Å². The molecule has 5 heteroatoms. The van der Waals surface area contributed by atoms with Gasteiger partial charge in [-0.2, -0.15) is 5.26 Å². The second-order valence-electron chi connectivity index (χ2n) is 2.00. The molecule has 1 aromatic heterocycles. The Kier molecular flexibility index (Phi) is 3.14. The highest BCUT2D eigenvalue weighted by atomic mass is 32.2. The summed E-state index contributed by atoms with van der Waals surface area (Å²) in [4.78, 5) is 10.7. The van der Waals surface area contributed by atoms with Crippen LogP contribution in [-0.2, 0) is 4.79 Å². The summed E-state index contributed by atoms with van der Waals surface area (Å²) in [7, 11) is 0. The normalized spacial score (nSPS) is 9.00. The molecule has 0 unspecified atom stereocenters. The van der Waals surface area contributed by atoms with Crippen LogP contribution in [-0.4, -0.2) is 5.91 Å². The number of thioether (sulfide) groups is 1. The van der Waals surface area contributed by atoms with Gasteiger partial charge in [0.05, 0.1) is 9.90 Å². The third-order valence-electron chi connectivity index (χ3n) is 1.08. The minimum atomic E-state index is -0.117. The molecule has 1 N–H and O–H groups in total. The molecule has 0 radical (unpaired) electrons. The molecular weight excluding hydrogens is 192 g/mol. The highest BCUT2D eigenvalue weighted by Crippen LogP contribution is 2.31. The lowest BCUT2D eigenvalue weighted by molar-refractivity contribution is -0.114. The molecule has 1 heterocycles. The van der Waals surface area contributed by atoms with Crippen LogP contribution in [0.1, 0.15) is 6.92 Å². The van der Waals surface area contributed by atoms with Crippen molar-refractivity contribution in [2.75, 3.05) is 5.32 Å². The van der Waals surface area contributed by atoms with Gasteiger partial charge in [-0.15, -0.1) is 11.3 Å². The first-order chi connectivity index (χ1) is 5.74. The number of carbonyl (C=O) groups is 1. The summed E-state index contributed by atoms with van der Waals surface area (Å²) >= 11 is 2.50. The van der Waals surface area contributed by atoms with E-state index in [9.17, 15) is 4.79 Å². The largest absolute Gasteiger partial charge is 0.325 e. The van der Waals surface area contributed by atoms with Crippen molar-refractivity contribution in [3.05, 3.63) is 11.4 Å². The van der Waals surface area contributed by atoms with E-state index in [1.807, 2.05) is 10.8 Å². The predicted octanol–water partition coefficient (Wildman–Crippen LogP) is 2.28. The molecule has 62 valence electrons. The minimum absolute atomic E-state index is 0.117. The summed E-state index contributed by atoms with van der Waals surface area (Å²) in [6.07, 6.45) is 0. The van der Waals surface area contributed by atoms with E-state index in [4.69, 9.17) is 5.26 Å². The number of carbonyl (C=O) groups excluding carboxylic acids is 1. The molecular formula is C7H6N2OS2. The molecule has 3 nitrogen and oxygen atoms in total. The van der Waals surface area contributed by atoms with Gasteiger partial charge in [0.25, 0.3) is 0 Å². The van der Waals surface area contributed by atoms with Crippen LogP contribution in [0.15, 0.2) is 15.7 Å². The summed E-state index contributed by atoms with van der Waals surface area (Å²) in [6.45, 7) is 1.44. The van der Waals surface area contributed by atoms with E-state index in [1.165, 1.54) is 18.3 Å². The molecule has 0 saturated heterocycles. The number of rotatable bonds is 2. The van der Waals surface area contributed by atoms with Crippen LogP contribution in [0, 0.1) is 10.7 Å². The van der Waals surface area contributed by atoms with Crippen molar-refractivity contribution in [3.8, 4) is 5.40 Å². The van der Waals surface area contributed by atoms with E-state index in [-0.39, 0.29) is 5.91 Å². The van der Waals surface area contributed by atoms with Crippen LogP contribution in [0.4, 0.5) is 5.69 Å². The van der Waals surface area contributed by atoms with Gasteiger partial charge in [0.1, 0.15) is 5.40 Å². The summed E-state index contributed by atoms with van der Waals surface area (Å²) in [6, 6.07) is 1.78. The predicted molar refractivity (Wildman–Crippen MR) is 50.1 cm³/mol. The quantitative estimate of drug-likeness (QED) is 0.586. The van der Waals surface area contributed by atoms with Crippen molar-refractivity contribution in [2.24, 2.45) is 0 Å². The zero-order chi connectivity index (χ0) is 8.97. The fourth-order valence-corrected chi connectivity index (χ4v) is 2.05. The van der Waals surface area contributed by atoms with E-state index in [1.54, 1.807) is 6.07 Å². The second kappa shape index (κ2) is 4.14. The number of nitrogens with zero attached hydrogens (tertiary/aromatic N) is 1. The lowest BCUT2D eigenvalue weighted by Crippen LogP contribution is -2.04. The number of hydrogen-bond acceptors (Lipinski definition) is 4. The van der Waals surface area contributed by atoms with Crippen molar-refractivity contribution < 1.29 is 4.79 Å². The lowest BCUT2D eigenvalue weighted by Gasteiger charge is -1.98. The van der Waals surface area contributed by atoms with Crippen LogP contribution in [0.2, 0.25) is 0 Å². The molecule has 12 heavy (non-hydrogen) atoms. The molecule has 0 aromatic carbocycles. The van der Waals surface area contributed by atoms with Crippen molar-refractivity contribution in [3.63, 3.8) is 0 Å². The van der Waals surface area contributed by atoms with Gasteiger partial charge in [-0.1, -0.05) is 0 Å². The third-order valence-corrected chi connectivity index (χ3v) is 2.82. The summed E-state index contributed by atoms with van der Waals surface area (Å²) in [5.74, 6) is -0.117. The zero-order valence-corrected chi connectivity index (χ0v) is 7.96. The fraction of sp³-hybridized carbons (Fsp3) is 0.143. The average Bonchev–Trinajstić information content (AvgIpc) is 2.37. The first-order valence-electron chi connectivity index (χ1n) is 3.15. The van der Waals surface area contributed by atoms with Crippen molar-refractivity contribution in [2.45, 2.75) is 11.1 Å². The molecule has 1 rings (SSSR count). The Labute approximate surface area is 78.4 Å². The van der Waals surface area contributed by atoms with E-state index >= 15 is 0 Å². The van der Waals surface area contributed by atoms with E-state index < -0.39 is 0 Å². The van der Waals surface area contributed by atoms with Crippen LogP contribution in [0.5, 0.6) is 0 Å². The highest BCUT2D eigenvalue weighted by Gasteiger charge is 2.04. The third kappa shape index (κ3) is 2.26. The smallest absolute Gasteiger partial charge is 0.221 e. The molecule has 0 aliphatic carbocycles. The van der Waals surface area contributed by atoms with Gasteiger partial charge in [0.2, 0.25) is 5.91 Å². The fourth-order valence-electron chi connectivity index (χ4n) is 0.698. The van der Waals surface area contributed by atoms with Crippen LogP contribution in [0.3, 0.4) is 0 Å². The maximum absolute atomic E-state index is 10.7. The number of nitriles is 1.